The van der Waals surface area contributed by atoms with Crippen LogP contribution < -0.4 is 26.1 Å². The molecule has 1 amide bonds. The quantitative estimate of drug-likeness (QED) is 0.507. The number of aromatic amines is 1. The molecule has 0 aliphatic rings. The number of rotatable bonds is 7. The molecule has 0 fully saturated rings. The summed E-state index contributed by atoms with van der Waals surface area (Å²) >= 11 is 1.14. The van der Waals surface area contributed by atoms with Crippen LogP contribution in [0.2, 0.25) is 0 Å². The molecule has 0 aliphatic heterocycles. The summed E-state index contributed by atoms with van der Waals surface area (Å²) in [4.78, 5) is 30.7. The summed E-state index contributed by atoms with van der Waals surface area (Å²) in [7, 11) is 3.06. The van der Waals surface area contributed by atoms with Crippen LogP contribution in [0.3, 0.4) is 0 Å². The third-order valence-corrected chi connectivity index (χ3v) is 4.57. The maximum atomic E-state index is 12.6. The van der Waals surface area contributed by atoms with E-state index in [1.165, 1.54) is 13.2 Å². The average Bonchev–Trinajstić information content (AvgIpc) is 2.58. The molecule has 1 atom stereocenters. The summed E-state index contributed by atoms with van der Waals surface area (Å²) in [6.07, 6.45) is 0.529. The summed E-state index contributed by atoms with van der Waals surface area (Å²) in [6.45, 7) is 1.87. The lowest BCUT2D eigenvalue weighted by molar-refractivity contribution is -0.115. The van der Waals surface area contributed by atoms with Gasteiger partial charge >= 0.3 is 0 Å². The largest absolute Gasteiger partial charge is 0.497 e. The minimum absolute atomic E-state index is 0.107. The third-order valence-electron chi connectivity index (χ3n) is 3.32. The minimum Gasteiger partial charge on any atom is -0.497 e. The van der Waals surface area contributed by atoms with Crippen molar-refractivity contribution in [2.45, 2.75) is 23.8 Å². The lowest BCUT2D eigenvalue weighted by Crippen LogP contribution is -2.25. The predicted octanol–water partition coefficient (Wildman–Crippen LogP) is 1.88. The number of carbonyl (C=O) groups excluding carboxylic acids is 1. The highest BCUT2D eigenvalue weighted by Gasteiger charge is 2.21. The highest BCUT2D eigenvalue weighted by Crippen LogP contribution is 2.30. The lowest BCUT2D eigenvalue weighted by atomic mass is 10.2. The Balaban J connectivity index is 2.18. The van der Waals surface area contributed by atoms with E-state index >= 15 is 0 Å². The first-order valence-electron chi connectivity index (χ1n) is 7.53. The van der Waals surface area contributed by atoms with Crippen molar-refractivity contribution in [3.63, 3.8) is 0 Å². The summed E-state index contributed by atoms with van der Waals surface area (Å²) in [5, 5.41) is 2.65. The first kappa shape index (κ1) is 18.7. The van der Waals surface area contributed by atoms with Gasteiger partial charge in [0.1, 0.15) is 17.3 Å². The average molecular weight is 364 g/mol. The molecule has 1 aromatic carbocycles. The number of hydrogen-bond donors (Lipinski definition) is 3. The second-order valence-electron chi connectivity index (χ2n) is 5.05. The number of nitrogen functional groups attached to an aromatic ring is 1. The Morgan fingerprint density at radius 3 is 2.72 bits per heavy atom. The number of hydrogen-bond acceptors (Lipinski definition) is 7. The SMILES string of the molecule is CCC(Sc1nc(N)cc(=O)[nH]1)C(=O)Nc1cc(OC)ccc1OC. The standard InChI is InChI=1S/C16H20N4O4S/c1-4-12(25-16-19-13(17)8-14(21)20-16)15(22)18-10-7-9(23-2)5-6-11(10)24-3/h5-8,12H,4H2,1-3H3,(H,18,22)(H3,17,19,20,21). The van der Waals surface area contributed by atoms with Gasteiger partial charge in [-0.05, 0) is 18.6 Å². The fourth-order valence-electron chi connectivity index (χ4n) is 2.09. The van der Waals surface area contributed by atoms with Crippen molar-refractivity contribution in [2.24, 2.45) is 0 Å². The zero-order chi connectivity index (χ0) is 18.4. The van der Waals surface area contributed by atoms with Crippen LogP contribution in [0.15, 0.2) is 34.2 Å². The van der Waals surface area contributed by atoms with Crippen molar-refractivity contribution >= 4 is 29.2 Å². The van der Waals surface area contributed by atoms with Gasteiger partial charge in [0.05, 0.1) is 25.2 Å². The molecular formula is C16H20N4O4S. The lowest BCUT2D eigenvalue weighted by Gasteiger charge is -2.16. The molecule has 2 rings (SSSR count). The molecule has 1 heterocycles. The Hall–Kier alpha value is -2.68. The highest BCUT2D eigenvalue weighted by atomic mass is 32.2. The van der Waals surface area contributed by atoms with E-state index in [0.29, 0.717) is 28.8 Å². The monoisotopic (exact) mass is 364 g/mol. The van der Waals surface area contributed by atoms with Crippen molar-refractivity contribution in [1.29, 1.82) is 0 Å². The number of nitrogens with two attached hydrogens (primary N) is 1. The van der Waals surface area contributed by atoms with Crippen LogP contribution in [-0.4, -0.2) is 35.3 Å². The van der Waals surface area contributed by atoms with Gasteiger partial charge in [-0.1, -0.05) is 18.7 Å². The molecule has 8 nitrogen and oxygen atoms in total. The molecule has 1 unspecified atom stereocenters. The third kappa shape index (κ3) is 4.90. The van der Waals surface area contributed by atoms with E-state index in [4.69, 9.17) is 15.2 Å². The predicted molar refractivity (Wildman–Crippen MR) is 97.4 cm³/mol. The first-order chi connectivity index (χ1) is 12.0. The molecule has 0 bridgehead atoms. The van der Waals surface area contributed by atoms with Crippen molar-refractivity contribution in [3.05, 3.63) is 34.6 Å². The molecule has 134 valence electrons. The van der Waals surface area contributed by atoms with Crippen LogP contribution in [0.1, 0.15) is 13.3 Å². The van der Waals surface area contributed by atoms with Crippen LogP contribution in [0.5, 0.6) is 11.5 Å². The second-order valence-corrected chi connectivity index (χ2v) is 6.24. The summed E-state index contributed by atoms with van der Waals surface area (Å²) in [5.74, 6) is 0.975. The van der Waals surface area contributed by atoms with E-state index in [0.717, 1.165) is 11.8 Å². The van der Waals surface area contributed by atoms with E-state index in [2.05, 4.69) is 15.3 Å². The fraction of sp³-hybridized carbons (Fsp3) is 0.312. The normalized spacial score (nSPS) is 11.6. The Labute approximate surface area is 149 Å². The van der Waals surface area contributed by atoms with E-state index in [1.807, 2.05) is 6.92 Å². The number of ether oxygens (including phenoxy) is 2. The van der Waals surface area contributed by atoms with Gasteiger partial charge in [0.25, 0.3) is 5.56 Å². The molecule has 0 aliphatic carbocycles. The number of nitrogens with zero attached hydrogens (tertiary/aromatic N) is 1. The molecule has 1 aromatic heterocycles. The van der Waals surface area contributed by atoms with Crippen LogP contribution in [-0.2, 0) is 4.79 Å². The van der Waals surface area contributed by atoms with Gasteiger partial charge in [-0.2, -0.15) is 0 Å². The minimum atomic E-state index is -0.471. The maximum Gasteiger partial charge on any atom is 0.253 e. The smallest absolute Gasteiger partial charge is 0.253 e. The van der Waals surface area contributed by atoms with Crippen LogP contribution in [0, 0.1) is 0 Å². The van der Waals surface area contributed by atoms with Crippen molar-refractivity contribution < 1.29 is 14.3 Å². The summed E-state index contributed by atoms with van der Waals surface area (Å²) < 4.78 is 10.4. The van der Waals surface area contributed by atoms with Gasteiger partial charge in [-0.3, -0.25) is 9.59 Å². The number of anilines is 2. The van der Waals surface area contributed by atoms with Gasteiger partial charge in [0.2, 0.25) is 5.91 Å². The van der Waals surface area contributed by atoms with Crippen molar-refractivity contribution in [3.8, 4) is 11.5 Å². The zero-order valence-corrected chi connectivity index (χ0v) is 15.0. The van der Waals surface area contributed by atoms with Gasteiger partial charge in [-0.15, -0.1) is 0 Å². The molecule has 0 saturated carbocycles. The van der Waals surface area contributed by atoms with Crippen LogP contribution >= 0.6 is 11.8 Å². The van der Waals surface area contributed by atoms with E-state index < -0.39 is 5.25 Å². The van der Waals surface area contributed by atoms with Crippen LogP contribution in [0.25, 0.3) is 0 Å². The van der Waals surface area contributed by atoms with Gasteiger partial charge in [0, 0.05) is 12.1 Å². The number of carbonyl (C=O) groups is 1. The van der Waals surface area contributed by atoms with Gasteiger partial charge in [0.15, 0.2) is 5.16 Å². The molecule has 0 spiro atoms. The Bertz CT molecular complexity index is 809. The number of amides is 1. The van der Waals surface area contributed by atoms with Gasteiger partial charge < -0.3 is 25.5 Å². The number of nitrogens with one attached hydrogen (secondary N) is 2. The Morgan fingerprint density at radius 2 is 2.12 bits per heavy atom. The summed E-state index contributed by atoms with van der Waals surface area (Å²) in [5.41, 5.74) is 5.71. The molecule has 25 heavy (non-hydrogen) atoms. The molecule has 4 N–H and O–H groups in total. The Morgan fingerprint density at radius 1 is 1.36 bits per heavy atom. The molecule has 2 aromatic rings. The Kier molecular flexibility index (Phi) is 6.29. The highest BCUT2D eigenvalue weighted by molar-refractivity contribution is 8.00. The van der Waals surface area contributed by atoms with Crippen molar-refractivity contribution in [1.82, 2.24) is 9.97 Å². The second kappa shape index (κ2) is 8.43. The molecular weight excluding hydrogens is 344 g/mol. The van der Waals surface area contributed by atoms with Crippen molar-refractivity contribution in [2.75, 3.05) is 25.3 Å². The summed E-state index contributed by atoms with van der Waals surface area (Å²) in [6, 6.07) is 6.31. The number of benzene rings is 1. The fourth-order valence-corrected chi connectivity index (χ4v) is 3.01. The maximum absolute atomic E-state index is 12.6. The topological polar surface area (TPSA) is 119 Å². The number of aromatic nitrogens is 2. The molecule has 0 saturated heterocycles. The number of thioether (sulfide) groups is 1. The van der Waals surface area contributed by atoms with Gasteiger partial charge in [-0.25, -0.2) is 4.98 Å². The van der Waals surface area contributed by atoms with Crippen LogP contribution in [0.4, 0.5) is 11.5 Å². The zero-order valence-electron chi connectivity index (χ0n) is 14.2. The van der Waals surface area contributed by atoms with E-state index in [-0.39, 0.29) is 17.3 Å². The molecule has 0 radical (unpaired) electrons. The first-order valence-corrected chi connectivity index (χ1v) is 8.41. The van der Waals surface area contributed by atoms with E-state index in [1.54, 1.807) is 25.3 Å². The number of methoxy groups -OCH3 is 2. The van der Waals surface area contributed by atoms with E-state index in [9.17, 15) is 9.59 Å². The molecule has 9 heteroatoms. The number of H-pyrrole nitrogens is 1.